The maximum atomic E-state index is 13.1. The van der Waals surface area contributed by atoms with Crippen molar-refractivity contribution in [1.29, 1.82) is 0 Å². The summed E-state index contributed by atoms with van der Waals surface area (Å²) in [5, 5.41) is 6.63. The van der Waals surface area contributed by atoms with Crippen molar-refractivity contribution in [2.45, 2.75) is 32.7 Å². The van der Waals surface area contributed by atoms with E-state index in [4.69, 9.17) is 9.73 Å². The molecule has 26 heavy (non-hydrogen) atoms. The minimum absolute atomic E-state index is 0. The zero-order valence-corrected chi connectivity index (χ0v) is 18.8. The molecule has 1 aromatic rings. The van der Waals surface area contributed by atoms with Gasteiger partial charge >= 0.3 is 0 Å². The van der Waals surface area contributed by atoms with Gasteiger partial charge in [0.2, 0.25) is 0 Å². The van der Waals surface area contributed by atoms with E-state index in [0.29, 0.717) is 6.54 Å². The summed E-state index contributed by atoms with van der Waals surface area (Å²) in [4.78, 5) is 6.80. The number of hydrogen-bond acceptors (Lipinski definition) is 3. The topological polar surface area (TPSA) is 48.9 Å². The number of benzene rings is 1. The second-order valence-electron chi connectivity index (χ2n) is 6.08. The van der Waals surface area contributed by atoms with Crippen molar-refractivity contribution in [3.8, 4) is 0 Å². The van der Waals surface area contributed by atoms with Gasteiger partial charge in [0.1, 0.15) is 5.82 Å². The molecular weight excluding hydrogens is 446 g/mol. The van der Waals surface area contributed by atoms with Crippen LogP contribution >= 0.6 is 24.0 Å². The molecule has 0 spiro atoms. The Morgan fingerprint density at radius 3 is 2.42 bits per heavy atom. The summed E-state index contributed by atoms with van der Waals surface area (Å²) >= 11 is 0. The molecule has 0 heterocycles. The quantitative estimate of drug-likeness (QED) is 0.221. The smallest absolute Gasteiger partial charge is 0.191 e. The molecule has 5 nitrogen and oxygen atoms in total. The molecule has 0 aliphatic carbocycles. The summed E-state index contributed by atoms with van der Waals surface area (Å²) < 4.78 is 18.5. The fourth-order valence-electron chi connectivity index (χ4n) is 2.45. The van der Waals surface area contributed by atoms with E-state index in [2.05, 4.69) is 22.5 Å². The molecule has 0 amide bonds. The molecule has 1 atom stereocenters. The Morgan fingerprint density at radius 2 is 1.85 bits per heavy atom. The highest BCUT2D eigenvalue weighted by molar-refractivity contribution is 14.0. The van der Waals surface area contributed by atoms with Crippen LogP contribution in [0.2, 0.25) is 0 Å². The van der Waals surface area contributed by atoms with E-state index in [0.717, 1.165) is 50.7 Å². The van der Waals surface area contributed by atoms with Crippen LogP contribution in [0.1, 0.15) is 38.3 Å². The van der Waals surface area contributed by atoms with Crippen molar-refractivity contribution < 1.29 is 9.13 Å². The normalized spacial score (nSPS) is 12.6. The van der Waals surface area contributed by atoms with Gasteiger partial charge in [0, 0.05) is 26.3 Å². The Balaban J connectivity index is 0.00000625. The molecule has 0 saturated heterocycles. The third kappa shape index (κ3) is 10.3. The third-order valence-corrected chi connectivity index (χ3v) is 3.86. The average molecular weight is 480 g/mol. The highest BCUT2D eigenvalue weighted by Crippen LogP contribution is 2.18. The van der Waals surface area contributed by atoms with Crippen molar-refractivity contribution >= 4 is 29.9 Å². The van der Waals surface area contributed by atoms with Crippen LogP contribution in [-0.4, -0.2) is 57.8 Å². The lowest BCUT2D eigenvalue weighted by molar-refractivity contribution is 0.143. The lowest BCUT2D eigenvalue weighted by Gasteiger charge is -2.23. The Bertz CT molecular complexity index is 497. The molecule has 1 rings (SSSR count). The SMILES string of the molecule is CCNC(=NCC(c1ccc(F)cc1)N(C)C)NCCCCOCC.I. The number of likely N-dealkylation sites (N-methyl/N-ethyl adjacent to an activating group) is 1. The Hall–Kier alpha value is -0.930. The number of nitrogens with zero attached hydrogens (tertiary/aromatic N) is 2. The van der Waals surface area contributed by atoms with Gasteiger partial charge in [-0.25, -0.2) is 4.39 Å². The predicted molar refractivity (Wildman–Crippen MR) is 118 cm³/mol. The fraction of sp³-hybridized carbons (Fsp3) is 0.632. The van der Waals surface area contributed by atoms with Gasteiger partial charge in [-0.1, -0.05) is 12.1 Å². The van der Waals surface area contributed by atoms with Gasteiger partial charge in [-0.3, -0.25) is 4.99 Å². The molecule has 1 unspecified atom stereocenters. The molecule has 2 N–H and O–H groups in total. The van der Waals surface area contributed by atoms with Crippen LogP contribution in [0.15, 0.2) is 29.3 Å². The predicted octanol–water partition coefficient (Wildman–Crippen LogP) is 3.42. The van der Waals surface area contributed by atoms with E-state index in [1.165, 1.54) is 12.1 Å². The Kier molecular flexibility index (Phi) is 14.6. The van der Waals surface area contributed by atoms with Crippen LogP contribution in [0.3, 0.4) is 0 Å². The summed E-state index contributed by atoms with van der Waals surface area (Å²) in [7, 11) is 4.02. The van der Waals surface area contributed by atoms with Gasteiger partial charge in [-0.05, 0) is 58.5 Å². The second-order valence-corrected chi connectivity index (χ2v) is 6.08. The first-order valence-corrected chi connectivity index (χ1v) is 9.10. The van der Waals surface area contributed by atoms with Gasteiger partial charge < -0.3 is 20.3 Å². The maximum Gasteiger partial charge on any atom is 0.191 e. The molecule has 0 aromatic heterocycles. The van der Waals surface area contributed by atoms with Crippen molar-refractivity contribution in [3.05, 3.63) is 35.6 Å². The number of guanidine groups is 1. The van der Waals surface area contributed by atoms with E-state index >= 15 is 0 Å². The van der Waals surface area contributed by atoms with Gasteiger partial charge in [0.25, 0.3) is 0 Å². The van der Waals surface area contributed by atoms with E-state index in [-0.39, 0.29) is 35.8 Å². The van der Waals surface area contributed by atoms with Gasteiger partial charge in [0.15, 0.2) is 5.96 Å². The zero-order chi connectivity index (χ0) is 18.5. The second kappa shape index (κ2) is 15.2. The van der Waals surface area contributed by atoms with Crippen molar-refractivity contribution in [2.75, 3.05) is 46.9 Å². The molecule has 150 valence electrons. The Morgan fingerprint density at radius 1 is 1.15 bits per heavy atom. The molecule has 0 aliphatic heterocycles. The fourth-order valence-corrected chi connectivity index (χ4v) is 2.45. The van der Waals surface area contributed by atoms with Gasteiger partial charge in [-0.15, -0.1) is 24.0 Å². The maximum absolute atomic E-state index is 13.1. The lowest BCUT2D eigenvalue weighted by atomic mass is 10.1. The molecule has 0 radical (unpaired) electrons. The molecule has 0 bridgehead atoms. The van der Waals surface area contributed by atoms with Crippen LogP contribution < -0.4 is 10.6 Å². The largest absolute Gasteiger partial charge is 0.382 e. The summed E-state index contributed by atoms with van der Waals surface area (Å²) in [6.07, 6.45) is 2.08. The number of aliphatic imine (C=N–C) groups is 1. The van der Waals surface area contributed by atoms with E-state index in [1.54, 1.807) is 0 Å². The number of nitrogens with one attached hydrogen (secondary N) is 2. The van der Waals surface area contributed by atoms with Crippen LogP contribution in [-0.2, 0) is 4.74 Å². The zero-order valence-electron chi connectivity index (χ0n) is 16.4. The molecular formula is C19H34FIN4O. The van der Waals surface area contributed by atoms with Crippen LogP contribution in [0.25, 0.3) is 0 Å². The molecule has 0 aliphatic rings. The standard InChI is InChI=1S/C19H33FN4O.HI/c1-5-21-19(22-13-7-8-14-25-6-2)23-15-18(24(3)4)16-9-11-17(20)12-10-16;/h9-12,18H,5-8,13-15H2,1-4H3,(H2,21,22,23);1H. The molecule has 7 heteroatoms. The number of unbranched alkanes of at least 4 members (excludes halogenated alkanes) is 1. The summed E-state index contributed by atoms with van der Waals surface area (Å²) in [5.41, 5.74) is 1.06. The first-order chi connectivity index (χ1) is 12.1. The van der Waals surface area contributed by atoms with Crippen LogP contribution in [0, 0.1) is 5.82 Å². The van der Waals surface area contributed by atoms with Crippen molar-refractivity contribution in [1.82, 2.24) is 15.5 Å². The van der Waals surface area contributed by atoms with Gasteiger partial charge in [0.05, 0.1) is 12.6 Å². The number of rotatable bonds is 11. The number of ether oxygens (including phenoxy) is 1. The third-order valence-electron chi connectivity index (χ3n) is 3.86. The van der Waals surface area contributed by atoms with Crippen molar-refractivity contribution in [2.24, 2.45) is 4.99 Å². The molecule has 1 aromatic carbocycles. The highest BCUT2D eigenvalue weighted by Gasteiger charge is 2.14. The lowest BCUT2D eigenvalue weighted by Crippen LogP contribution is -2.38. The summed E-state index contributed by atoms with van der Waals surface area (Å²) in [6, 6.07) is 6.75. The summed E-state index contributed by atoms with van der Waals surface area (Å²) in [5.74, 6) is 0.597. The van der Waals surface area contributed by atoms with E-state index in [9.17, 15) is 4.39 Å². The molecule has 0 saturated carbocycles. The monoisotopic (exact) mass is 480 g/mol. The van der Waals surface area contributed by atoms with Crippen molar-refractivity contribution in [3.63, 3.8) is 0 Å². The minimum Gasteiger partial charge on any atom is -0.382 e. The highest BCUT2D eigenvalue weighted by atomic mass is 127. The first kappa shape index (κ1) is 25.1. The van der Waals surface area contributed by atoms with E-state index in [1.807, 2.05) is 33.2 Å². The first-order valence-electron chi connectivity index (χ1n) is 9.10. The minimum atomic E-state index is -0.216. The van der Waals surface area contributed by atoms with Gasteiger partial charge in [-0.2, -0.15) is 0 Å². The van der Waals surface area contributed by atoms with E-state index < -0.39 is 0 Å². The van der Waals surface area contributed by atoms with Crippen LogP contribution in [0.4, 0.5) is 4.39 Å². The number of halogens is 2. The molecule has 0 fully saturated rings. The average Bonchev–Trinajstić information content (AvgIpc) is 2.59. The summed E-state index contributed by atoms with van der Waals surface area (Å²) in [6.45, 7) is 7.92. The number of hydrogen-bond donors (Lipinski definition) is 2. The Labute approximate surface area is 174 Å². The van der Waals surface area contributed by atoms with Crippen LogP contribution in [0.5, 0.6) is 0 Å².